The van der Waals surface area contributed by atoms with Crippen LogP contribution in [0.5, 0.6) is 0 Å². The van der Waals surface area contributed by atoms with E-state index in [0.717, 1.165) is 6.54 Å². The van der Waals surface area contributed by atoms with Crippen LogP contribution in [0, 0.1) is 0 Å². The number of aromatic nitrogens is 1. The van der Waals surface area contributed by atoms with E-state index in [-0.39, 0.29) is 11.5 Å². The molecule has 0 saturated carbocycles. The summed E-state index contributed by atoms with van der Waals surface area (Å²) in [6.45, 7) is 1.80. The molecular weight excluding hydrogens is 295 g/mol. The molecule has 0 bridgehead atoms. The molecule has 1 fully saturated rings. The SMILES string of the molecule is O=S1(=O)CCCN(Cc2nc(Cl)ccc2Cl)CC1. The van der Waals surface area contributed by atoms with E-state index >= 15 is 0 Å². The van der Waals surface area contributed by atoms with Crippen LogP contribution in [-0.2, 0) is 16.4 Å². The van der Waals surface area contributed by atoms with Gasteiger partial charge in [-0.1, -0.05) is 23.2 Å². The Bertz CT molecular complexity index is 534. The Labute approximate surface area is 117 Å². The number of nitrogens with zero attached hydrogens (tertiary/aromatic N) is 2. The zero-order chi connectivity index (χ0) is 13.2. The van der Waals surface area contributed by atoms with Crippen LogP contribution in [0.1, 0.15) is 12.1 Å². The maximum Gasteiger partial charge on any atom is 0.151 e. The smallest absolute Gasteiger partial charge is 0.151 e. The molecule has 0 N–H and O–H groups in total. The Hall–Kier alpha value is -0.360. The van der Waals surface area contributed by atoms with Crippen LogP contribution < -0.4 is 0 Å². The van der Waals surface area contributed by atoms with E-state index < -0.39 is 9.84 Å². The summed E-state index contributed by atoms with van der Waals surface area (Å²) in [6.07, 6.45) is 0.653. The van der Waals surface area contributed by atoms with Crippen LogP contribution in [0.2, 0.25) is 10.2 Å². The zero-order valence-electron chi connectivity index (χ0n) is 9.77. The second-order valence-electron chi connectivity index (χ2n) is 4.34. The van der Waals surface area contributed by atoms with E-state index in [0.29, 0.717) is 35.4 Å². The van der Waals surface area contributed by atoms with Gasteiger partial charge >= 0.3 is 0 Å². The zero-order valence-corrected chi connectivity index (χ0v) is 12.1. The third-order valence-corrected chi connectivity index (χ3v) is 5.18. The van der Waals surface area contributed by atoms with Gasteiger partial charge in [0.2, 0.25) is 0 Å². The molecule has 0 atom stereocenters. The van der Waals surface area contributed by atoms with Gasteiger partial charge in [0, 0.05) is 13.1 Å². The summed E-state index contributed by atoms with van der Waals surface area (Å²) in [5, 5.41) is 0.961. The molecule has 18 heavy (non-hydrogen) atoms. The van der Waals surface area contributed by atoms with Crippen LogP contribution >= 0.6 is 23.2 Å². The van der Waals surface area contributed by atoms with E-state index in [1.54, 1.807) is 12.1 Å². The summed E-state index contributed by atoms with van der Waals surface area (Å²) in [6, 6.07) is 3.35. The highest BCUT2D eigenvalue weighted by Crippen LogP contribution is 2.19. The summed E-state index contributed by atoms with van der Waals surface area (Å²) in [4.78, 5) is 6.23. The summed E-state index contributed by atoms with van der Waals surface area (Å²) in [7, 11) is -2.88. The van der Waals surface area contributed by atoms with Gasteiger partial charge in [-0.2, -0.15) is 0 Å². The molecule has 100 valence electrons. The van der Waals surface area contributed by atoms with Crippen molar-refractivity contribution in [3.05, 3.63) is 28.0 Å². The molecule has 2 heterocycles. The first-order valence-electron chi connectivity index (χ1n) is 5.70. The Kier molecular flexibility index (Phi) is 4.48. The molecule has 0 radical (unpaired) electrons. The van der Waals surface area contributed by atoms with Gasteiger partial charge in [0.05, 0.1) is 22.2 Å². The van der Waals surface area contributed by atoms with Crippen molar-refractivity contribution in [1.29, 1.82) is 0 Å². The highest BCUT2D eigenvalue weighted by molar-refractivity contribution is 7.91. The number of halogens is 2. The monoisotopic (exact) mass is 308 g/mol. The van der Waals surface area contributed by atoms with Crippen molar-refractivity contribution in [1.82, 2.24) is 9.88 Å². The highest BCUT2D eigenvalue weighted by Gasteiger charge is 2.20. The Balaban J connectivity index is 2.07. The fourth-order valence-electron chi connectivity index (χ4n) is 1.93. The van der Waals surface area contributed by atoms with Crippen molar-refractivity contribution in [3.63, 3.8) is 0 Å². The lowest BCUT2D eigenvalue weighted by molar-refractivity contribution is 0.284. The molecule has 1 aromatic heterocycles. The van der Waals surface area contributed by atoms with Crippen LogP contribution in [0.4, 0.5) is 0 Å². The van der Waals surface area contributed by atoms with Crippen molar-refractivity contribution in [2.45, 2.75) is 13.0 Å². The molecule has 0 spiro atoms. The maximum atomic E-state index is 11.5. The van der Waals surface area contributed by atoms with Gasteiger partial charge in [-0.05, 0) is 25.1 Å². The van der Waals surface area contributed by atoms with E-state index in [1.165, 1.54) is 0 Å². The summed E-state index contributed by atoms with van der Waals surface area (Å²) in [5.41, 5.74) is 0.698. The summed E-state index contributed by atoms with van der Waals surface area (Å²) >= 11 is 11.9. The van der Waals surface area contributed by atoms with Gasteiger partial charge < -0.3 is 0 Å². The van der Waals surface area contributed by atoms with E-state index in [4.69, 9.17) is 23.2 Å². The minimum Gasteiger partial charge on any atom is -0.296 e. The van der Waals surface area contributed by atoms with E-state index in [9.17, 15) is 8.42 Å². The van der Waals surface area contributed by atoms with Crippen molar-refractivity contribution >= 4 is 33.0 Å². The quantitative estimate of drug-likeness (QED) is 0.784. The van der Waals surface area contributed by atoms with Gasteiger partial charge in [0.25, 0.3) is 0 Å². The first-order chi connectivity index (χ1) is 8.46. The second kappa shape index (κ2) is 5.74. The highest BCUT2D eigenvalue weighted by atomic mass is 35.5. The van der Waals surface area contributed by atoms with Crippen molar-refractivity contribution in [2.24, 2.45) is 0 Å². The molecule has 0 aromatic carbocycles. The summed E-state index contributed by atoms with van der Waals surface area (Å²) in [5.74, 6) is 0.464. The van der Waals surface area contributed by atoms with Gasteiger partial charge in [0.1, 0.15) is 5.15 Å². The number of pyridine rings is 1. The van der Waals surface area contributed by atoms with E-state index in [2.05, 4.69) is 9.88 Å². The van der Waals surface area contributed by atoms with Gasteiger partial charge in [-0.3, -0.25) is 4.90 Å². The van der Waals surface area contributed by atoms with Crippen molar-refractivity contribution in [2.75, 3.05) is 24.6 Å². The molecule has 4 nitrogen and oxygen atoms in total. The number of hydrogen-bond acceptors (Lipinski definition) is 4. The average Bonchev–Trinajstić information content (AvgIpc) is 2.46. The molecule has 0 aliphatic carbocycles. The van der Waals surface area contributed by atoms with Crippen LogP contribution in [-0.4, -0.2) is 42.9 Å². The largest absolute Gasteiger partial charge is 0.296 e. The molecule has 0 amide bonds. The Morgan fingerprint density at radius 1 is 1.22 bits per heavy atom. The first-order valence-corrected chi connectivity index (χ1v) is 8.28. The minimum absolute atomic E-state index is 0.200. The fourth-order valence-corrected chi connectivity index (χ4v) is 3.57. The topological polar surface area (TPSA) is 50.3 Å². The predicted molar refractivity (Wildman–Crippen MR) is 72.8 cm³/mol. The average molecular weight is 309 g/mol. The molecule has 1 aliphatic heterocycles. The molecule has 0 unspecified atom stereocenters. The Morgan fingerprint density at radius 3 is 2.78 bits per heavy atom. The minimum atomic E-state index is -2.88. The van der Waals surface area contributed by atoms with Gasteiger partial charge in [-0.15, -0.1) is 0 Å². The molecule has 1 aromatic rings. The van der Waals surface area contributed by atoms with Gasteiger partial charge in [-0.25, -0.2) is 13.4 Å². The van der Waals surface area contributed by atoms with Crippen molar-refractivity contribution in [3.8, 4) is 0 Å². The molecular formula is C11H14Cl2N2O2S. The third kappa shape index (κ3) is 3.82. The Morgan fingerprint density at radius 2 is 2.00 bits per heavy atom. The normalized spacial score (nSPS) is 20.6. The fraction of sp³-hybridized carbons (Fsp3) is 0.545. The van der Waals surface area contributed by atoms with Crippen molar-refractivity contribution < 1.29 is 8.42 Å². The van der Waals surface area contributed by atoms with Gasteiger partial charge in [0.15, 0.2) is 9.84 Å². The lowest BCUT2D eigenvalue weighted by Crippen LogP contribution is -2.27. The number of sulfone groups is 1. The lowest BCUT2D eigenvalue weighted by atomic mass is 10.3. The van der Waals surface area contributed by atoms with Crippen LogP contribution in [0.3, 0.4) is 0 Å². The molecule has 1 saturated heterocycles. The maximum absolute atomic E-state index is 11.5. The third-order valence-electron chi connectivity index (χ3n) is 2.91. The summed E-state index contributed by atoms with van der Waals surface area (Å²) < 4.78 is 23.0. The van der Waals surface area contributed by atoms with Crippen LogP contribution in [0.25, 0.3) is 0 Å². The molecule has 1 aliphatic rings. The molecule has 7 heteroatoms. The first kappa shape index (κ1) is 14.1. The van der Waals surface area contributed by atoms with Crippen LogP contribution in [0.15, 0.2) is 12.1 Å². The number of hydrogen-bond donors (Lipinski definition) is 0. The van der Waals surface area contributed by atoms with E-state index in [1.807, 2.05) is 0 Å². The number of rotatable bonds is 2. The lowest BCUT2D eigenvalue weighted by Gasteiger charge is -2.19. The second-order valence-corrected chi connectivity index (χ2v) is 7.44. The standard InChI is InChI=1S/C11H14Cl2N2O2S/c12-9-2-3-11(13)14-10(9)8-15-4-1-6-18(16,17)7-5-15/h2-3H,1,4-8H2. The molecule has 2 rings (SSSR count). The predicted octanol–water partition coefficient (Wildman–Crippen LogP) is 2.01.